The molecule has 0 spiro atoms. The monoisotopic (exact) mass is 340 g/mol. The van der Waals surface area contributed by atoms with E-state index in [-0.39, 0.29) is 30.2 Å². The van der Waals surface area contributed by atoms with Gasteiger partial charge in [-0.05, 0) is 33.1 Å². The molecule has 0 bridgehead atoms. The van der Waals surface area contributed by atoms with Crippen LogP contribution in [0.25, 0.3) is 0 Å². The first-order valence-corrected chi connectivity index (χ1v) is 9.09. The van der Waals surface area contributed by atoms with Crippen LogP contribution >= 0.6 is 0 Å². The molecule has 0 aromatic rings. The second kappa shape index (κ2) is 6.76. The molecule has 8 heteroatoms. The van der Waals surface area contributed by atoms with Gasteiger partial charge in [0.25, 0.3) is 0 Å². The Bertz CT molecular complexity index is 444. The van der Waals surface area contributed by atoms with E-state index < -0.39 is 28.9 Å². The number of rotatable bonds is 1. The lowest BCUT2D eigenvalue weighted by atomic mass is 9.85. The summed E-state index contributed by atoms with van der Waals surface area (Å²) in [6.07, 6.45) is -3.02. The molecule has 128 valence electrons. The van der Waals surface area contributed by atoms with Gasteiger partial charge < -0.3 is 10.2 Å². The van der Waals surface area contributed by atoms with Crippen LogP contribution in [0.3, 0.4) is 0 Å². The molecule has 22 heavy (non-hydrogen) atoms. The lowest BCUT2D eigenvalue weighted by Gasteiger charge is -2.39. The summed E-state index contributed by atoms with van der Waals surface area (Å²) in [6.45, 7) is 4.06. The van der Waals surface area contributed by atoms with Gasteiger partial charge in [0, 0.05) is 35.2 Å². The highest BCUT2D eigenvalue weighted by Gasteiger charge is 2.43. The van der Waals surface area contributed by atoms with E-state index in [1.807, 2.05) is 13.8 Å². The van der Waals surface area contributed by atoms with Gasteiger partial charge in [0.2, 0.25) is 0 Å². The molecule has 4 nitrogen and oxygen atoms in total. The Balaban J connectivity index is 1.93. The SMILES string of the molecule is C[C@@H]1[C@H](C)[S@](=O)CCN1C(=O)N[C@@H]1CCC[C@H](C(F)(F)F)C1. The van der Waals surface area contributed by atoms with Crippen LogP contribution in [-0.4, -0.2) is 50.9 Å². The maximum atomic E-state index is 12.8. The van der Waals surface area contributed by atoms with E-state index in [1.165, 1.54) is 0 Å². The molecule has 0 unspecified atom stereocenters. The molecule has 2 fully saturated rings. The summed E-state index contributed by atoms with van der Waals surface area (Å²) in [4.78, 5) is 13.9. The first-order chi connectivity index (χ1) is 10.2. The number of nitrogens with zero attached hydrogens (tertiary/aromatic N) is 1. The molecular formula is C14H23F3N2O2S. The van der Waals surface area contributed by atoms with Crippen LogP contribution in [0.2, 0.25) is 0 Å². The Labute approximate surface area is 131 Å². The smallest absolute Gasteiger partial charge is 0.335 e. The van der Waals surface area contributed by atoms with Gasteiger partial charge in [-0.2, -0.15) is 13.2 Å². The van der Waals surface area contributed by atoms with Crippen LogP contribution in [0.5, 0.6) is 0 Å². The van der Waals surface area contributed by atoms with Crippen LogP contribution < -0.4 is 5.32 Å². The van der Waals surface area contributed by atoms with E-state index in [4.69, 9.17) is 0 Å². The number of hydrogen-bond acceptors (Lipinski definition) is 2. The molecule has 2 rings (SSSR count). The van der Waals surface area contributed by atoms with Crippen LogP contribution in [0, 0.1) is 5.92 Å². The third kappa shape index (κ3) is 3.94. The minimum atomic E-state index is -4.19. The predicted octanol–water partition coefficient (Wildman–Crippen LogP) is 2.66. The maximum absolute atomic E-state index is 12.8. The Hall–Kier alpha value is -0.790. The quantitative estimate of drug-likeness (QED) is 0.798. The van der Waals surface area contributed by atoms with Crippen LogP contribution in [0.1, 0.15) is 39.5 Å². The third-order valence-corrected chi connectivity index (χ3v) is 6.65. The Morgan fingerprint density at radius 2 is 1.95 bits per heavy atom. The second-order valence-corrected chi connectivity index (χ2v) is 8.19. The zero-order valence-corrected chi connectivity index (χ0v) is 13.7. The van der Waals surface area contributed by atoms with E-state index in [9.17, 15) is 22.2 Å². The number of carbonyl (C=O) groups excluding carboxylic acids is 1. The topological polar surface area (TPSA) is 49.4 Å². The summed E-state index contributed by atoms with van der Waals surface area (Å²) in [5.41, 5.74) is 0. The van der Waals surface area contributed by atoms with E-state index in [1.54, 1.807) is 4.90 Å². The van der Waals surface area contributed by atoms with Gasteiger partial charge in [-0.1, -0.05) is 6.42 Å². The van der Waals surface area contributed by atoms with Gasteiger partial charge in [0.15, 0.2) is 0 Å². The molecule has 1 saturated carbocycles. The maximum Gasteiger partial charge on any atom is 0.391 e. The molecule has 1 aliphatic heterocycles. The summed E-state index contributed by atoms with van der Waals surface area (Å²) in [5.74, 6) is -0.897. The molecular weight excluding hydrogens is 317 g/mol. The first-order valence-electron chi connectivity index (χ1n) is 7.71. The zero-order chi connectivity index (χ0) is 16.5. The zero-order valence-electron chi connectivity index (χ0n) is 12.9. The average molecular weight is 340 g/mol. The number of amides is 2. The summed E-state index contributed by atoms with van der Waals surface area (Å²) >= 11 is 0. The predicted molar refractivity (Wildman–Crippen MR) is 79.0 cm³/mol. The van der Waals surface area contributed by atoms with Gasteiger partial charge in [-0.25, -0.2) is 4.79 Å². The van der Waals surface area contributed by atoms with Crippen molar-refractivity contribution in [3.05, 3.63) is 0 Å². The van der Waals surface area contributed by atoms with E-state index in [0.29, 0.717) is 25.1 Å². The highest BCUT2D eigenvalue weighted by atomic mass is 32.2. The van der Waals surface area contributed by atoms with E-state index in [2.05, 4.69) is 5.32 Å². The highest BCUT2D eigenvalue weighted by Crippen LogP contribution is 2.37. The largest absolute Gasteiger partial charge is 0.391 e. The van der Waals surface area contributed by atoms with Gasteiger partial charge in [0.1, 0.15) is 0 Å². The molecule has 5 atom stereocenters. The van der Waals surface area contributed by atoms with Crippen molar-refractivity contribution in [3.63, 3.8) is 0 Å². The summed E-state index contributed by atoms with van der Waals surface area (Å²) in [7, 11) is -0.947. The fourth-order valence-electron chi connectivity index (χ4n) is 3.21. The fraction of sp³-hybridized carbons (Fsp3) is 0.929. The number of nitrogens with one attached hydrogen (secondary N) is 1. The Morgan fingerprint density at radius 1 is 1.27 bits per heavy atom. The molecule has 1 aliphatic carbocycles. The lowest BCUT2D eigenvalue weighted by Crippen LogP contribution is -2.57. The van der Waals surface area contributed by atoms with Gasteiger partial charge in [-0.15, -0.1) is 0 Å². The number of carbonyl (C=O) groups is 1. The molecule has 0 aromatic heterocycles. The Kier molecular flexibility index (Phi) is 5.40. The first kappa shape index (κ1) is 17.6. The normalized spacial score (nSPS) is 37.0. The van der Waals surface area contributed by atoms with Crippen molar-refractivity contribution < 1.29 is 22.2 Å². The van der Waals surface area contributed by atoms with Crippen LogP contribution in [-0.2, 0) is 10.8 Å². The van der Waals surface area contributed by atoms with Gasteiger partial charge in [0.05, 0.1) is 11.2 Å². The summed E-state index contributed by atoms with van der Waals surface area (Å²) in [5, 5.41) is 2.63. The van der Waals surface area contributed by atoms with E-state index in [0.717, 1.165) is 0 Å². The molecule has 0 radical (unpaired) electrons. The fourth-order valence-corrected chi connectivity index (χ4v) is 4.55. The van der Waals surface area contributed by atoms with Crippen LogP contribution in [0.4, 0.5) is 18.0 Å². The molecule has 1 heterocycles. The number of hydrogen-bond donors (Lipinski definition) is 1. The minimum Gasteiger partial charge on any atom is -0.335 e. The number of urea groups is 1. The van der Waals surface area contributed by atoms with Crippen molar-refractivity contribution in [2.24, 2.45) is 5.92 Å². The average Bonchev–Trinajstić information content (AvgIpc) is 2.44. The number of alkyl halides is 3. The second-order valence-electron chi connectivity index (χ2n) is 6.28. The molecule has 1 N–H and O–H groups in total. The van der Waals surface area contributed by atoms with Gasteiger partial charge >= 0.3 is 12.2 Å². The minimum absolute atomic E-state index is 0.0427. The summed E-state index contributed by atoms with van der Waals surface area (Å²) < 4.78 is 50.2. The van der Waals surface area contributed by atoms with Crippen molar-refractivity contribution >= 4 is 16.8 Å². The summed E-state index contributed by atoms with van der Waals surface area (Å²) in [6, 6.07) is -0.928. The molecule has 0 aromatic carbocycles. The van der Waals surface area contributed by atoms with Gasteiger partial charge in [-0.3, -0.25) is 4.21 Å². The third-order valence-electron chi connectivity index (χ3n) is 4.84. The van der Waals surface area contributed by atoms with Crippen molar-refractivity contribution in [1.29, 1.82) is 0 Å². The van der Waals surface area contributed by atoms with Crippen molar-refractivity contribution in [2.75, 3.05) is 12.3 Å². The Morgan fingerprint density at radius 3 is 2.59 bits per heavy atom. The number of halogens is 3. The molecule has 2 aliphatic rings. The molecule has 2 amide bonds. The molecule has 1 saturated heterocycles. The standard InChI is InChI=1S/C14H23F3N2O2S/c1-9-10(2)22(21)7-6-19(9)13(20)18-12-5-3-4-11(8-12)14(15,16)17/h9-12H,3-8H2,1-2H3,(H,18,20)/t9-,10+,11+,12-,22-/m1/s1. The lowest BCUT2D eigenvalue weighted by molar-refractivity contribution is -0.183. The van der Waals surface area contributed by atoms with Crippen molar-refractivity contribution in [3.8, 4) is 0 Å². The van der Waals surface area contributed by atoms with Crippen molar-refractivity contribution in [2.45, 2.75) is 63.0 Å². The highest BCUT2D eigenvalue weighted by molar-refractivity contribution is 7.85. The van der Waals surface area contributed by atoms with E-state index >= 15 is 0 Å². The van der Waals surface area contributed by atoms with Crippen LogP contribution in [0.15, 0.2) is 0 Å². The van der Waals surface area contributed by atoms with Crippen molar-refractivity contribution in [1.82, 2.24) is 10.2 Å².